The molecule has 0 aromatic heterocycles. The summed E-state index contributed by atoms with van der Waals surface area (Å²) in [7, 11) is 0. The molecule has 1 N–H and O–H groups in total. The summed E-state index contributed by atoms with van der Waals surface area (Å²) in [6.45, 7) is 7.34. The van der Waals surface area contributed by atoms with Crippen LogP contribution in [-0.2, 0) is 4.79 Å². The zero-order chi connectivity index (χ0) is 14.8. The van der Waals surface area contributed by atoms with Gasteiger partial charge in [0.25, 0.3) is 0 Å². The van der Waals surface area contributed by atoms with Gasteiger partial charge in [-0.2, -0.15) is 0 Å². The Morgan fingerprint density at radius 3 is 2.65 bits per heavy atom. The van der Waals surface area contributed by atoms with Crippen LogP contribution in [0.5, 0.6) is 5.75 Å². The van der Waals surface area contributed by atoms with Gasteiger partial charge in [-0.25, -0.2) is 0 Å². The first-order chi connectivity index (χ1) is 9.49. The van der Waals surface area contributed by atoms with Crippen LogP contribution in [0, 0.1) is 0 Å². The maximum absolute atomic E-state index is 11.5. The predicted octanol–water partition coefficient (Wildman–Crippen LogP) is 3.09. The molecule has 1 fully saturated rings. The molecule has 2 atom stereocenters. The molecule has 110 valence electrons. The number of hydrogen-bond acceptors (Lipinski definition) is 3. The second-order valence-electron chi connectivity index (χ2n) is 5.55. The van der Waals surface area contributed by atoms with Crippen molar-refractivity contribution in [2.24, 2.45) is 0 Å². The molecule has 0 amide bonds. The Hall–Kier alpha value is -1.55. The van der Waals surface area contributed by atoms with Crippen LogP contribution < -0.4 is 4.74 Å². The summed E-state index contributed by atoms with van der Waals surface area (Å²) in [4.78, 5) is 13.6. The minimum atomic E-state index is -0.752. The molecule has 0 bridgehead atoms. The van der Waals surface area contributed by atoms with Crippen molar-refractivity contribution in [1.29, 1.82) is 0 Å². The highest BCUT2D eigenvalue weighted by Gasteiger charge is 2.45. The van der Waals surface area contributed by atoms with E-state index in [4.69, 9.17) is 4.74 Å². The number of likely N-dealkylation sites (tertiary alicyclic amines) is 1. The molecule has 0 aliphatic carbocycles. The minimum Gasteiger partial charge on any atom is -0.494 e. The number of carboxylic acid groups (broad SMARTS) is 1. The molecular formula is C16H23NO3. The summed E-state index contributed by atoms with van der Waals surface area (Å²) >= 11 is 0. The average Bonchev–Trinajstić information content (AvgIpc) is 2.83. The number of carboxylic acids is 1. The van der Waals surface area contributed by atoms with Gasteiger partial charge >= 0.3 is 5.97 Å². The van der Waals surface area contributed by atoms with Crippen LogP contribution in [0.3, 0.4) is 0 Å². The Morgan fingerprint density at radius 2 is 2.10 bits per heavy atom. The number of aliphatic carboxylic acids is 1. The van der Waals surface area contributed by atoms with Gasteiger partial charge < -0.3 is 9.84 Å². The monoisotopic (exact) mass is 277 g/mol. The number of hydrogen-bond donors (Lipinski definition) is 1. The third-order valence-corrected chi connectivity index (χ3v) is 4.30. The zero-order valence-corrected chi connectivity index (χ0v) is 12.4. The summed E-state index contributed by atoms with van der Waals surface area (Å²) in [6.07, 6.45) is 1.65. The lowest BCUT2D eigenvalue weighted by Gasteiger charge is -2.36. The summed E-state index contributed by atoms with van der Waals surface area (Å²) in [5, 5.41) is 9.49. The Bertz CT molecular complexity index is 471. The first-order valence-corrected chi connectivity index (χ1v) is 7.22. The second kappa shape index (κ2) is 5.83. The standard InChI is InChI=1S/C16H23NO3/c1-4-20-14-8-6-13(7-9-14)12(2)17-11-5-10-16(17,3)15(18)19/h6-9,12H,4-5,10-11H2,1-3H3,(H,18,19). The van der Waals surface area contributed by atoms with Crippen LogP contribution in [0.25, 0.3) is 0 Å². The van der Waals surface area contributed by atoms with Crippen LogP contribution >= 0.6 is 0 Å². The van der Waals surface area contributed by atoms with Gasteiger partial charge in [0.1, 0.15) is 11.3 Å². The van der Waals surface area contributed by atoms with Crippen molar-refractivity contribution in [1.82, 2.24) is 4.90 Å². The van der Waals surface area contributed by atoms with E-state index < -0.39 is 11.5 Å². The van der Waals surface area contributed by atoms with Crippen molar-refractivity contribution in [2.45, 2.75) is 45.2 Å². The Balaban J connectivity index is 2.18. The molecule has 2 rings (SSSR count). The molecule has 0 spiro atoms. The van der Waals surface area contributed by atoms with Crippen molar-refractivity contribution in [3.05, 3.63) is 29.8 Å². The highest BCUT2D eigenvalue weighted by atomic mass is 16.5. The van der Waals surface area contributed by atoms with E-state index in [1.54, 1.807) is 0 Å². The largest absolute Gasteiger partial charge is 0.494 e. The predicted molar refractivity (Wildman–Crippen MR) is 78.0 cm³/mol. The van der Waals surface area contributed by atoms with Crippen LogP contribution in [0.4, 0.5) is 0 Å². The lowest BCUT2D eigenvalue weighted by Crippen LogP contribution is -2.48. The molecule has 1 aromatic rings. The lowest BCUT2D eigenvalue weighted by atomic mass is 9.96. The number of carbonyl (C=O) groups is 1. The molecular weight excluding hydrogens is 254 g/mol. The zero-order valence-electron chi connectivity index (χ0n) is 12.4. The van der Waals surface area contributed by atoms with Crippen molar-refractivity contribution in [3.8, 4) is 5.75 Å². The van der Waals surface area contributed by atoms with E-state index in [-0.39, 0.29) is 6.04 Å². The van der Waals surface area contributed by atoms with E-state index in [1.807, 2.05) is 38.1 Å². The lowest BCUT2D eigenvalue weighted by molar-refractivity contribution is -0.149. The third kappa shape index (κ3) is 2.66. The van der Waals surface area contributed by atoms with Crippen molar-refractivity contribution < 1.29 is 14.6 Å². The quantitative estimate of drug-likeness (QED) is 0.898. The molecule has 1 aromatic carbocycles. The summed E-state index contributed by atoms with van der Waals surface area (Å²) in [5.74, 6) is 0.124. The summed E-state index contributed by atoms with van der Waals surface area (Å²) < 4.78 is 5.44. The van der Waals surface area contributed by atoms with E-state index in [0.29, 0.717) is 13.0 Å². The van der Waals surface area contributed by atoms with Crippen molar-refractivity contribution >= 4 is 5.97 Å². The third-order valence-electron chi connectivity index (χ3n) is 4.30. The van der Waals surface area contributed by atoms with Gasteiger partial charge in [0.15, 0.2) is 0 Å². The smallest absolute Gasteiger partial charge is 0.323 e. The fourth-order valence-electron chi connectivity index (χ4n) is 3.02. The highest BCUT2D eigenvalue weighted by molar-refractivity contribution is 5.78. The Morgan fingerprint density at radius 1 is 1.45 bits per heavy atom. The summed E-state index contributed by atoms with van der Waals surface area (Å²) in [5.41, 5.74) is 0.376. The molecule has 2 unspecified atom stereocenters. The molecule has 4 nitrogen and oxygen atoms in total. The van der Waals surface area contributed by atoms with E-state index in [0.717, 1.165) is 24.3 Å². The normalized spacial score (nSPS) is 24.6. The molecule has 0 radical (unpaired) electrons. The van der Waals surface area contributed by atoms with Crippen LogP contribution in [0.2, 0.25) is 0 Å². The van der Waals surface area contributed by atoms with E-state index >= 15 is 0 Å². The summed E-state index contributed by atoms with van der Waals surface area (Å²) in [6, 6.07) is 8.04. The second-order valence-corrected chi connectivity index (χ2v) is 5.55. The molecule has 4 heteroatoms. The van der Waals surface area contributed by atoms with Crippen molar-refractivity contribution in [3.63, 3.8) is 0 Å². The SMILES string of the molecule is CCOc1ccc(C(C)N2CCCC2(C)C(=O)O)cc1. The van der Waals surface area contributed by atoms with E-state index in [1.165, 1.54) is 0 Å². The van der Waals surface area contributed by atoms with Gasteiger partial charge in [0, 0.05) is 6.04 Å². The number of benzene rings is 1. The molecule has 1 saturated heterocycles. The number of nitrogens with zero attached hydrogens (tertiary/aromatic N) is 1. The molecule has 1 aliphatic rings. The number of ether oxygens (including phenoxy) is 1. The molecule has 1 aliphatic heterocycles. The van der Waals surface area contributed by atoms with E-state index in [9.17, 15) is 9.90 Å². The van der Waals surface area contributed by atoms with Gasteiger partial charge in [-0.1, -0.05) is 12.1 Å². The Kier molecular flexibility index (Phi) is 4.33. The van der Waals surface area contributed by atoms with Gasteiger partial charge in [-0.05, 0) is 57.9 Å². The fraction of sp³-hybridized carbons (Fsp3) is 0.562. The highest BCUT2D eigenvalue weighted by Crippen LogP contribution is 2.37. The van der Waals surface area contributed by atoms with Gasteiger partial charge in [-0.3, -0.25) is 9.69 Å². The first kappa shape index (κ1) is 14.9. The maximum Gasteiger partial charge on any atom is 0.323 e. The number of rotatable bonds is 5. The van der Waals surface area contributed by atoms with Crippen LogP contribution in [0.15, 0.2) is 24.3 Å². The average molecular weight is 277 g/mol. The van der Waals surface area contributed by atoms with E-state index in [2.05, 4.69) is 11.8 Å². The van der Waals surface area contributed by atoms with Crippen LogP contribution in [0.1, 0.15) is 45.2 Å². The molecule has 1 heterocycles. The molecule has 0 saturated carbocycles. The van der Waals surface area contributed by atoms with Crippen LogP contribution in [-0.4, -0.2) is 34.7 Å². The maximum atomic E-state index is 11.5. The van der Waals surface area contributed by atoms with Crippen molar-refractivity contribution in [2.75, 3.05) is 13.2 Å². The topological polar surface area (TPSA) is 49.8 Å². The Labute approximate surface area is 120 Å². The fourth-order valence-corrected chi connectivity index (χ4v) is 3.02. The van der Waals surface area contributed by atoms with Gasteiger partial charge in [0.05, 0.1) is 6.61 Å². The minimum absolute atomic E-state index is 0.0919. The molecule has 20 heavy (non-hydrogen) atoms. The van der Waals surface area contributed by atoms with Gasteiger partial charge in [0.2, 0.25) is 0 Å². The first-order valence-electron chi connectivity index (χ1n) is 7.22. The van der Waals surface area contributed by atoms with Gasteiger partial charge in [-0.15, -0.1) is 0 Å².